The SMILES string of the molecule is CC(C)OCCNCc1cc(Br)c(Br)s1. The summed E-state index contributed by atoms with van der Waals surface area (Å²) in [4.78, 5) is 1.32. The topological polar surface area (TPSA) is 21.3 Å². The number of rotatable bonds is 6. The maximum absolute atomic E-state index is 5.43. The lowest BCUT2D eigenvalue weighted by Crippen LogP contribution is -2.20. The molecule has 15 heavy (non-hydrogen) atoms. The predicted octanol–water partition coefficient (Wildman–Crippen LogP) is 3.79. The molecule has 0 aliphatic rings. The van der Waals surface area contributed by atoms with Crippen molar-refractivity contribution in [1.29, 1.82) is 0 Å². The molecule has 1 aromatic heterocycles. The Kier molecular flexibility index (Phi) is 6.38. The fourth-order valence-corrected chi connectivity index (χ4v) is 3.20. The van der Waals surface area contributed by atoms with E-state index in [1.807, 2.05) is 13.8 Å². The average Bonchev–Trinajstić information content (AvgIpc) is 2.45. The molecule has 0 aromatic carbocycles. The van der Waals surface area contributed by atoms with Crippen LogP contribution in [0.15, 0.2) is 14.3 Å². The Morgan fingerprint density at radius 2 is 2.20 bits per heavy atom. The van der Waals surface area contributed by atoms with Gasteiger partial charge in [0.1, 0.15) is 0 Å². The van der Waals surface area contributed by atoms with Gasteiger partial charge < -0.3 is 10.1 Å². The van der Waals surface area contributed by atoms with Crippen molar-refractivity contribution in [3.05, 3.63) is 19.2 Å². The van der Waals surface area contributed by atoms with Crippen molar-refractivity contribution in [2.75, 3.05) is 13.2 Å². The molecule has 0 unspecified atom stereocenters. The first-order valence-corrected chi connectivity index (χ1v) is 7.26. The molecule has 0 spiro atoms. The molecule has 0 fully saturated rings. The largest absolute Gasteiger partial charge is 0.377 e. The minimum atomic E-state index is 0.317. The van der Waals surface area contributed by atoms with E-state index >= 15 is 0 Å². The lowest BCUT2D eigenvalue weighted by atomic mass is 10.4. The van der Waals surface area contributed by atoms with Crippen LogP contribution in [-0.4, -0.2) is 19.3 Å². The Bertz CT molecular complexity index is 282. The number of halogens is 2. The number of ether oxygens (including phenoxy) is 1. The van der Waals surface area contributed by atoms with Crippen LogP contribution in [0.5, 0.6) is 0 Å². The molecule has 0 aliphatic heterocycles. The first-order chi connectivity index (χ1) is 7.09. The van der Waals surface area contributed by atoms with Crippen molar-refractivity contribution in [2.45, 2.75) is 26.5 Å². The van der Waals surface area contributed by atoms with Gasteiger partial charge in [0.05, 0.1) is 16.5 Å². The summed E-state index contributed by atoms with van der Waals surface area (Å²) in [6.07, 6.45) is 0.317. The molecule has 0 atom stereocenters. The van der Waals surface area contributed by atoms with E-state index < -0.39 is 0 Å². The maximum Gasteiger partial charge on any atom is 0.0843 e. The van der Waals surface area contributed by atoms with Crippen LogP contribution in [0.4, 0.5) is 0 Å². The van der Waals surface area contributed by atoms with Crippen LogP contribution < -0.4 is 5.32 Å². The van der Waals surface area contributed by atoms with Crippen molar-refractivity contribution < 1.29 is 4.74 Å². The van der Waals surface area contributed by atoms with E-state index in [2.05, 4.69) is 43.2 Å². The smallest absolute Gasteiger partial charge is 0.0843 e. The van der Waals surface area contributed by atoms with Gasteiger partial charge in [0.2, 0.25) is 0 Å². The fraction of sp³-hybridized carbons (Fsp3) is 0.600. The molecular weight excluding hydrogens is 342 g/mol. The summed E-state index contributed by atoms with van der Waals surface area (Å²) >= 11 is 8.69. The Morgan fingerprint density at radius 1 is 1.47 bits per heavy atom. The van der Waals surface area contributed by atoms with E-state index in [0.717, 1.165) is 28.0 Å². The van der Waals surface area contributed by atoms with Gasteiger partial charge in [-0.2, -0.15) is 0 Å². The Hall–Kier alpha value is 0.580. The summed E-state index contributed by atoms with van der Waals surface area (Å²) in [5.74, 6) is 0. The second-order valence-electron chi connectivity index (χ2n) is 3.43. The van der Waals surface area contributed by atoms with Crippen LogP contribution in [-0.2, 0) is 11.3 Å². The Balaban J connectivity index is 2.15. The normalized spacial score (nSPS) is 11.3. The average molecular weight is 357 g/mol. The lowest BCUT2D eigenvalue weighted by molar-refractivity contribution is 0.0807. The summed E-state index contributed by atoms with van der Waals surface area (Å²) in [5, 5.41) is 3.34. The van der Waals surface area contributed by atoms with Gasteiger partial charge in [-0.25, -0.2) is 0 Å². The highest BCUT2D eigenvalue weighted by Gasteiger charge is 2.03. The molecule has 1 aromatic rings. The second-order valence-corrected chi connectivity index (χ2v) is 6.74. The quantitative estimate of drug-likeness (QED) is 0.783. The summed E-state index contributed by atoms with van der Waals surface area (Å²) in [6.45, 7) is 6.66. The molecule has 0 saturated carbocycles. The third kappa shape index (κ3) is 5.45. The molecular formula is C10H15Br2NOS. The standard InChI is InChI=1S/C10H15Br2NOS/c1-7(2)14-4-3-13-6-8-5-9(11)10(12)15-8/h5,7,13H,3-4,6H2,1-2H3. The summed E-state index contributed by atoms with van der Waals surface area (Å²) in [7, 11) is 0. The molecule has 1 N–H and O–H groups in total. The molecule has 0 amide bonds. The van der Waals surface area contributed by atoms with Gasteiger partial charge in [-0.1, -0.05) is 0 Å². The first-order valence-electron chi connectivity index (χ1n) is 4.85. The highest BCUT2D eigenvalue weighted by Crippen LogP contribution is 2.32. The molecule has 1 rings (SSSR count). The fourth-order valence-electron chi connectivity index (χ4n) is 1.06. The predicted molar refractivity (Wildman–Crippen MR) is 72.5 cm³/mol. The number of hydrogen-bond acceptors (Lipinski definition) is 3. The molecule has 1 heterocycles. The van der Waals surface area contributed by atoms with Crippen molar-refractivity contribution in [3.8, 4) is 0 Å². The van der Waals surface area contributed by atoms with E-state index in [-0.39, 0.29) is 0 Å². The van der Waals surface area contributed by atoms with Gasteiger partial charge in [0.15, 0.2) is 0 Å². The van der Waals surface area contributed by atoms with E-state index in [1.165, 1.54) is 4.88 Å². The Labute approximate surface area is 112 Å². The second kappa shape index (κ2) is 7.01. The molecule has 0 aliphatic carbocycles. The molecule has 0 bridgehead atoms. The Morgan fingerprint density at radius 3 is 2.73 bits per heavy atom. The van der Waals surface area contributed by atoms with Gasteiger partial charge in [0.25, 0.3) is 0 Å². The van der Waals surface area contributed by atoms with Crippen molar-refractivity contribution in [3.63, 3.8) is 0 Å². The number of thiophene rings is 1. The van der Waals surface area contributed by atoms with Gasteiger partial charge >= 0.3 is 0 Å². The van der Waals surface area contributed by atoms with Crippen LogP contribution in [0.2, 0.25) is 0 Å². The lowest BCUT2D eigenvalue weighted by Gasteiger charge is -2.07. The monoisotopic (exact) mass is 355 g/mol. The maximum atomic E-state index is 5.43. The van der Waals surface area contributed by atoms with Crippen LogP contribution >= 0.6 is 43.2 Å². The molecule has 86 valence electrons. The van der Waals surface area contributed by atoms with Crippen molar-refractivity contribution >= 4 is 43.2 Å². The van der Waals surface area contributed by atoms with Crippen LogP contribution in [0, 0.1) is 0 Å². The highest BCUT2D eigenvalue weighted by atomic mass is 79.9. The van der Waals surface area contributed by atoms with Crippen molar-refractivity contribution in [1.82, 2.24) is 5.32 Å². The third-order valence-electron chi connectivity index (χ3n) is 1.73. The van der Waals surface area contributed by atoms with E-state index in [4.69, 9.17) is 4.74 Å². The number of nitrogens with one attached hydrogen (secondary N) is 1. The summed E-state index contributed by atoms with van der Waals surface area (Å²) < 4.78 is 7.71. The van der Waals surface area contributed by atoms with E-state index in [0.29, 0.717) is 6.10 Å². The zero-order valence-corrected chi connectivity index (χ0v) is 12.8. The van der Waals surface area contributed by atoms with Gasteiger partial charge in [-0.05, 0) is 51.8 Å². The zero-order chi connectivity index (χ0) is 11.3. The highest BCUT2D eigenvalue weighted by molar-refractivity contribution is 9.13. The molecule has 0 radical (unpaired) electrons. The minimum absolute atomic E-state index is 0.317. The van der Waals surface area contributed by atoms with E-state index in [9.17, 15) is 0 Å². The molecule has 5 heteroatoms. The van der Waals surface area contributed by atoms with Crippen molar-refractivity contribution in [2.24, 2.45) is 0 Å². The van der Waals surface area contributed by atoms with Gasteiger partial charge in [-0.15, -0.1) is 11.3 Å². The molecule has 2 nitrogen and oxygen atoms in total. The van der Waals surface area contributed by atoms with E-state index in [1.54, 1.807) is 11.3 Å². The summed E-state index contributed by atoms with van der Waals surface area (Å²) in [6, 6.07) is 2.13. The summed E-state index contributed by atoms with van der Waals surface area (Å²) in [5.41, 5.74) is 0. The van der Waals surface area contributed by atoms with Crippen LogP contribution in [0.3, 0.4) is 0 Å². The molecule has 0 saturated heterocycles. The minimum Gasteiger partial charge on any atom is -0.377 e. The van der Waals surface area contributed by atoms with Gasteiger partial charge in [0, 0.05) is 22.4 Å². The van der Waals surface area contributed by atoms with Crippen LogP contribution in [0.1, 0.15) is 18.7 Å². The third-order valence-corrected chi connectivity index (χ3v) is 4.98. The first kappa shape index (κ1) is 13.6. The van der Waals surface area contributed by atoms with Gasteiger partial charge in [-0.3, -0.25) is 0 Å². The van der Waals surface area contributed by atoms with Crippen LogP contribution in [0.25, 0.3) is 0 Å². The number of hydrogen-bond donors (Lipinski definition) is 1. The zero-order valence-electron chi connectivity index (χ0n) is 8.85.